The highest BCUT2D eigenvalue weighted by atomic mass is 16.5. The van der Waals surface area contributed by atoms with Crippen LogP contribution in [0.15, 0.2) is 24.3 Å². The molecule has 0 saturated heterocycles. The molecule has 0 aromatic heterocycles. The van der Waals surface area contributed by atoms with Gasteiger partial charge in [0.2, 0.25) is 0 Å². The van der Waals surface area contributed by atoms with Crippen LogP contribution >= 0.6 is 0 Å². The van der Waals surface area contributed by atoms with Gasteiger partial charge < -0.3 is 4.74 Å². The van der Waals surface area contributed by atoms with E-state index in [4.69, 9.17) is 4.74 Å². The third-order valence-electron chi connectivity index (χ3n) is 1.26. The van der Waals surface area contributed by atoms with Crippen LogP contribution in [0.3, 0.4) is 0 Å². The lowest BCUT2D eigenvalue weighted by Crippen LogP contribution is -2.07. The summed E-state index contributed by atoms with van der Waals surface area (Å²) in [7, 11) is 0. The maximum atomic E-state index is 10.8. The Balaban J connectivity index is 3.63. The fraction of sp³-hybridized carbons (Fsp3) is 0.444. The lowest BCUT2D eigenvalue weighted by molar-refractivity contribution is -0.138. The molecule has 62 valence electrons. The number of carbonyl (C=O) groups excluding carboxylic acids is 1. The van der Waals surface area contributed by atoms with E-state index in [1.54, 1.807) is 6.92 Å². The Bertz CT molecular complexity index is 180. The van der Waals surface area contributed by atoms with Gasteiger partial charge in [-0.1, -0.05) is 20.1 Å². The largest absolute Gasteiger partial charge is 0.458 e. The van der Waals surface area contributed by atoms with Gasteiger partial charge in [-0.3, -0.25) is 0 Å². The number of hydrogen-bond donors (Lipinski definition) is 0. The molecule has 0 rings (SSSR count). The van der Waals surface area contributed by atoms with Gasteiger partial charge in [-0.25, -0.2) is 4.79 Å². The Labute approximate surface area is 67.6 Å². The topological polar surface area (TPSA) is 26.3 Å². The fourth-order valence-corrected chi connectivity index (χ4v) is 0.393. The highest BCUT2D eigenvalue weighted by molar-refractivity contribution is 5.87. The normalized spacial score (nSPS) is 8.91. The molecule has 0 N–H and O–H groups in total. The van der Waals surface area contributed by atoms with Gasteiger partial charge in [0.15, 0.2) is 0 Å². The van der Waals surface area contributed by atoms with E-state index in [1.807, 2.05) is 6.92 Å². The molecule has 0 fully saturated rings. The minimum Gasteiger partial charge on any atom is -0.458 e. The van der Waals surface area contributed by atoms with Crippen LogP contribution in [0.2, 0.25) is 0 Å². The third kappa shape index (κ3) is 4.37. The van der Waals surface area contributed by atoms with Crippen LogP contribution in [0.5, 0.6) is 0 Å². The van der Waals surface area contributed by atoms with Gasteiger partial charge >= 0.3 is 5.97 Å². The molecule has 0 heterocycles. The zero-order valence-electron chi connectivity index (χ0n) is 7.14. The second kappa shape index (κ2) is 4.72. The summed E-state index contributed by atoms with van der Waals surface area (Å²) in [4.78, 5) is 10.8. The monoisotopic (exact) mass is 154 g/mol. The molecule has 2 nitrogen and oxygen atoms in total. The smallest absolute Gasteiger partial charge is 0.333 e. The van der Waals surface area contributed by atoms with Gasteiger partial charge in [-0.05, 0) is 18.9 Å². The lowest BCUT2D eigenvalue weighted by atomic mass is 10.2. The van der Waals surface area contributed by atoms with Crippen molar-refractivity contribution in [3.63, 3.8) is 0 Å². The Morgan fingerprint density at radius 3 is 2.36 bits per heavy atom. The predicted octanol–water partition coefficient (Wildman–Crippen LogP) is 2.07. The molecule has 0 spiro atoms. The average Bonchev–Trinajstić information content (AvgIpc) is 1.99. The first-order chi connectivity index (χ1) is 5.07. The van der Waals surface area contributed by atoms with Crippen LogP contribution < -0.4 is 0 Å². The Hall–Kier alpha value is -1.05. The molecule has 0 unspecified atom stereocenters. The third-order valence-corrected chi connectivity index (χ3v) is 1.26. The number of hydrogen-bond acceptors (Lipinski definition) is 2. The van der Waals surface area contributed by atoms with Crippen molar-refractivity contribution >= 4 is 5.97 Å². The summed E-state index contributed by atoms with van der Waals surface area (Å²) >= 11 is 0. The summed E-state index contributed by atoms with van der Waals surface area (Å²) in [5.41, 5.74) is 1.34. The summed E-state index contributed by atoms with van der Waals surface area (Å²) in [6, 6.07) is 0. The molecule has 0 saturated carbocycles. The molecule has 0 aromatic rings. The Morgan fingerprint density at radius 1 is 1.45 bits per heavy atom. The molecule has 0 atom stereocenters. The van der Waals surface area contributed by atoms with Gasteiger partial charge in [0.05, 0.1) is 0 Å². The molecule has 0 aliphatic carbocycles. The molecular formula is C9H14O2. The van der Waals surface area contributed by atoms with Crippen molar-refractivity contribution in [3.8, 4) is 0 Å². The van der Waals surface area contributed by atoms with Crippen LogP contribution in [-0.2, 0) is 9.53 Å². The number of ether oxygens (including phenoxy) is 1. The maximum Gasteiger partial charge on any atom is 0.333 e. The van der Waals surface area contributed by atoms with E-state index in [2.05, 4.69) is 13.2 Å². The van der Waals surface area contributed by atoms with Crippen LogP contribution in [0.4, 0.5) is 0 Å². The van der Waals surface area contributed by atoms with E-state index >= 15 is 0 Å². The van der Waals surface area contributed by atoms with Crippen LogP contribution in [0.25, 0.3) is 0 Å². The lowest BCUT2D eigenvalue weighted by Gasteiger charge is -2.04. The summed E-state index contributed by atoms with van der Waals surface area (Å²) in [5, 5.41) is 0. The highest BCUT2D eigenvalue weighted by Gasteiger charge is 2.02. The van der Waals surface area contributed by atoms with E-state index in [0.29, 0.717) is 12.2 Å². The Kier molecular flexibility index (Phi) is 4.27. The summed E-state index contributed by atoms with van der Waals surface area (Å²) < 4.78 is 4.82. The minimum absolute atomic E-state index is 0.308. The number of rotatable bonds is 4. The second-order valence-electron chi connectivity index (χ2n) is 2.46. The van der Waals surface area contributed by atoms with E-state index < -0.39 is 0 Å². The highest BCUT2D eigenvalue weighted by Crippen LogP contribution is 1.99. The first-order valence-electron chi connectivity index (χ1n) is 3.57. The molecule has 2 heteroatoms. The molecule has 0 aliphatic rings. The quantitative estimate of drug-likeness (QED) is 0.352. The van der Waals surface area contributed by atoms with Crippen LogP contribution in [0.1, 0.15) is 20.3 Å². The van der Waals surface area contributed by atoms with Gasteiger partial charge in [0.1, 0.15) is 6.61 Å². The van der Waals surface area contributed by atoms with Crippen molar-refractivity contribution in [2.75, 3.05) is 6.61 Å². The first-order valence-corrected chi connectivity index (χ1v) is 3.57. The van der Waals surface area contributed by atoms with E-state index in [9.17, 15) is 4.79 Å². The van der Waals surface area contributed by atoms with E-state index in [1.165, 1.54) is 0 Å². The van der Waals surface area contributed by atoms with Crippen molar-refractivity contribution in [1.29, 1.82) is 0 Å². The van der Waals surface area contributed by atoms with Crippen LogP contribution in [-0.4, -0.2) is 12.6 Å². The molecule has 11 heavy (non-hydrogen) atoms. The zero-order chi connectivity index (χ0) is 8.85. The maximum absolute atomic E-state index is 10.8. The zero-order valence-corrected chi connectivity index (χ0v) is 7.14. The summed E-state index contributed by atoms with van der Waals surface area (Å²) in [5.74, 6) is -0.348. The first kappa shape index (κ1) is 9.95. The summed E-state index contributed by atoms with van der Waals surface area (Å²) in [6.07, 6.45) is 0.837. The second-order valence-corrected chi connectivity index (χ2v) is 2.46. The van der Waals surface area contributed by atoms with Gasteiger partial charge in [0.25, 0.3) is 0 Å². The number of carbonyl (C=O) groups is 1. The van der Waals surface area contributed by atoms with Crippen molar-refractivity contribution < 1.29 is 9.53 Å². The van der Waals surface area contributed by atoms with Crippen molar-refractivity contribution in [3.05, 3.63) is 24.3 Å². The molecule has 0 aliphatic heterocycles. The SMILES string of the molecule is C=C(CC)COC(=O)C(=C)C. The molecule has 0 amide bonds. The van der Waals surface area contributed by atoms with E-state index in [0.717, 1.165) is 12.0 Å². The molecule has 0 aromatic carbocycles. The van der Waals surface area contributed by atoms with Gasteiger partial charge in [0, 0.05) is 5.57 Å². The van der Waals surface area contributed by atoms with Crippen LogP contribution in [0, 0.1) is 0 Å². The predicted molar refractivity (Wildman–Crippen MR) is 45.2 cm³/mol. The minimum atomic E-state index is -0.348. The number of esters is 1. The van der Waals surface area contributed by atoms with E-state index in [-0.39, 0.29) is 5.97 Å². The molecule has 0 bridgehead atoms. The summed E-state index contributed by atoms with van der Waals surface area (Å²) in [6.45, 7) is 11.1. The van der Waals surface area contributed by atoms with Crippen molar-refractivity contribution in [2.45, 2.75) is 20.3 Å². The average molecular weight is 154 g/mol. The molecular weight excluding hydrogens is 140 g/mol. The van der Waals surface area contributed by atoms with Crippen molar-refractivity contribution in [1.82, 2.24) is 0 Å². The molecule has 0 radical (unpaired) electrons. The van der Waals surface area contributed by atoms with Crippen molar-refractivity contribution in [2.24, 2.45) is 0 Å². The van der Waals surface area contributed by atoms with Gasteiger partial charge in [-0.2, -0.15) is 0 Å². The standard InChI is InChI=1S/C9H14O2/c1-5-8(4)6-11-9(10)7(2)3/h2,4-6H2,1,3H3. The fourth-order valence-electron chi connectivity index (χ4n) is 0.393. The Morgan fingerprint density at radius 2 is 2.00 bits per heavy atom. The van der Waals surface area contributed by atoms with Gasteiger partial charge in [-0.15, -0.1) is 0 Å².